The quantitative estimate of drug-likeness (QED) is 0.283. The lowest BCUT2D eigenvalue weighted by molar-refractivity contribution is 0.281. The van der Waals surface area contributed by atoms with Crippen LogP contribution in [0, 0.1) is 28.1 Å². The molecular weight excluding hydrogens is 480 g/mol. The smallest absolute Gasteiger partial charge is 0.138 e. The molecule has 7 heteroatoms. The van der Waals surface area contributed by atoms with Gasteiger partial charge in [-0.25, -0.2) is 9.67 Å². The first kappa shape index (κ1) is 26.1. The van der Waals surface area contributed by atoms with Crippen LogP contribution in [0.4, 0.5) is 0 Å². The molecule has 37 heavy (non-hydrogen) atoms. The molecule has 0 saturated heterocycles. The average Bonchev–Trinajstić information content (AvgIpc) is 3.46. The molecule has 0 bridgehead atoms. The van der Waals surface area contributed by atoms with Gasteiger partial charge in [0.15, 0.2) is 0 Å². The SMILES string of the molecule is CC(N[C@@H](c1ccc(-n2cncn2)cc1)C(C)(C)C#N)C(Cc1ccc(Cl)cc1)c1cccc(C#N)c1. The van der Waals surface area contributed by atoms with Crippen LogP contribution in [-0.4, -0.2) is 20.8 Å². The van der Waals surface area contributed by atoms with Gasteiger partial charge in [-0.05, 0) is 80.3 Å². The number of hydrogen-bond acceptors (Lipinski definition) is 5. The lowest BCUT2D eigenvalue weighted by atomic mass is 9.79. The summed E-state index contributed by atoms with van der Waals surface area (Å²) >= 11 is 6.13. The summed E-state index contributed by atoms with van der Waals surface area (Å²) in [6.45, 7) is 6.05. The summed E-state index contributed by atoms with van der Waals surface area (Å²) < 4.78 is 1.70. The number of nitriles is 2. The maximum Gasteiger partial charge on any atom is 0.138 e. The van der Waals surface area contributed by atoms with E-state index in [-0.39, 0.29) is 18.0 Å². The molecule has 1 N–H and O–H groups in total. The van der Waals surface area contributed by atoms with Gasteiger partial charge in [0.2, 0.25) is 0 Å². The van der Waals surface area contributed by atoms with Crippen LogP contribution in [-0.2, 0) is 6.42 Å². The van der Waals surface area contributed by atoms with Gasteiger partial charge >= 0.3 is 0 Å². The van der Waals surface area contributed by atoms with Crippen molar-refractivity contribution in [2.45, 2.75) is 45.2 Å². The number of aromatic nitrogens is 3. The summed E-state index contributed by atoms with van der Waals surface area (Å²) in [4.78, 5) is 4.02. The van der Waals surface area contributed by atoms with Crippen molar-refractivity contribution in [3.63, 3.8) is 0 Å². The van der Waals surface area contributed by atoms with Crippen molar-refractivity contribution in [2.24, 2.45) is 5.41 Å². The minimum absolute atomic E-state index is 0.0164. The van der Waals surface area contributed by atoms with Crippen LogP contribution < -0.4 is 5.32 Å². The molecule has 0 aliphatic rings. The van der Waals surface area contributed by atoms with E-state index < -0.39 is 5.41 Å². The van der Waals surface area contributed by atoms with Gasteiger partial charge in [0.1, 0.15) is 12.7 Å². The van der Waals surface area contributed by atoms with Crippen molar-refractivity contribution in [1.29, 1.82) is 10.5 Å². The predicted octanol–water partition coefficient (Wildman–Crippen LogP) is 6.39. The lowest BCUT2D eigenvalue weighted by Gasteiger charge is -2.36. The second kappa shape index (κ2) is 11.4. The number of benzene rings is 3. The molecule has 4 aromatic rings. The van der Waals surface area contributed by atoms with E-state index in [1.807, 2.05) is 80.6 Å². The standard InChI is InChI=1S/C30H29ClN6/c1-21(28(16-22-7-11-26(31)12-8-22)25-6-4-5-23(15-25)17-32)36-29(30(2,3)18-33)24-9-13-27(14-10-24)37-20-34-19-35-37/h4-15,19-21,28-29,36H,16H2,1-3H3/t21?,28?,29-/m0/s1. The van der Waals surface area contributed by atoms with Crippen LogP contribution in [0.2, 0.25) is 5.02 Å². The van der Waals surface area contributed by atoms with Crippen molar-refractivity contribution in [2.75, 3.05) is 0 Å². The zero-order valence-corrected chi connectivity index (χ0v) is 21.9. The molecule has 3 aromatic carbocycles. The van der Waals surface area contributed by atoms with Gasteiger partial charge in [0.25, 0.3) is 0 Å². The maximum absolute atomic E-state index is 10.1. The zero-order valence-electron chi connectivity index (χ0n) is 21.1. The summed E-state index contributed by atoms with van der Waals surface area (Å²) in [6, 6.07) is 28.2. The Morgan fingerprint density at radius 2 is 1.73 bits per heavy atom. The van der Waals surface area contributed by atoms with E-state index >= 15 is 0 Å². The van der Waals surface area contributed by atoms with Gasteiger partial charge in [-0.15, -0.1) is 0 Å². The molecule has 0 aliphatic heterocycles. The Hall–Kier alpha value is -3.97. The summed E-state index contributed by atoms with van der Waals surface area (Å²) in [7, 11) is 0. The molecule has 0 amide bonds. The van der Waals surface area contributed by atoms with Gasteiger partial charge in [-0.1, -0.05) is 48.0 Å². The normalized spacial score (nSPS) is 13.8. The second-order valence-electron chi connectivity index (χ2n) is 9.83. The number of nitrogens with one attached hydrogen (secondary N) is 1. The molecule has 4 rings (SSSR count). The number of nitrogens with zero attached hydrogens (tertiary/aromatic N) is 5. The third-order valence-electron chi connectivity index (χ3n) is 6.77. The van der Waals surface area contributed by atoms with E-state index in [1.165, 1.54) is 6.33 Å². The highest BCUT2D eigenvalue weighted by atomic mass is 35.5. The van der Waals surface area contributed by atoms with Crippen LogP contribution in [0.1, 0.15) is 55.0 Å². The van der Waals surface area contributed by atoms with Crippen LogP contribution in [0.5, 0.6) is 0 Å². The van der Waals surface area contributed by atoms with E-state index in [9.17, 15) is 10.5 Å². The number of hydrogen-bond donors (Lipinski definition) is 1. The Labute approximate surface area is 223 Å². The molecule has 0 aliphatic carbocycles. The Morgan fingerprint density at radius 3 is 2.35 bits per heavy atom. The van der Waals surface area contributed by atoms with E-state index in [4.69, 9.17) is 11.6 Å². The molecule has 186 valence electrons. The molecule has 0 saturated carbocycles. The molecule has 2 unspecified atom stereocenters. The van der Waals surface area contributed by atoms with Crippen molar-refractivity contribution in [1.82, 2.24) is 20.1 Å². The number of halogens is 1. The fraction of sp³-hybridized carbons (Fsp3) is 0.267. The van der Waals surface area contributed by atoms with Crippen LogP contribution in [0.25, 0.3) is 5.69 Å². The minimum atomic E-state index is -0.678. The topological polar surface area (TPSA) is 90.3 Å². The first-order valence-electron chi connectivity index (χ1n) is 12.2. The highest BCUT2D eigenvalue weighted by Gasteiger charge is 2.34. The number of rotatable bonds is 9. The molecule has 0 fully saturated rings. The summed E-state index contributed by atoms with van der Waals surface area (Å²) in [5, 5.41) is 28.2. The minimum Gasteiger partial charge on any atom is -0.305 e. The van der Waals surface area contributed by atoms with Crippen molar-refractivity contribution in [3.05, 3.63) is 113 Å². The monoisotopic (exact) mass is 508 g/mol. The van der Waals surface area contributed by atoms with Gasteiger partial charge in [0, 0.05) is 17.0 Å². The summed E-state index contributed by atoms with van der Waals surface area (Å²) in [6.07, 6.45) is 3.91. The van der Waals surface area contributed by atoms with E-state index in [2.05, 4.69) is 40.5 Å². The van der Waals surface area contributed by atoms with Gasteiger partial charge in [-0.3, -0.25) is 0 Å². The second-order valence-corrected chi connectivity index (χ2v) is 10.3. The molecule has 0 spiro atoms. The van der Waals surface area contributed by atoms with Crippen LogP contribution >= 0.6 is 11.6 Å². The lowest BCUT2D eigenvalue weighted by Crippen LogP contribution is -2.42. The van der Waals surface area contributed by atoms with Crippen LogP contribution in [0.15, 0.2) is 85.5 Å². The van der Waals surface area contributed by atoms with Crippen molar-refractivity contribution < 1.29 is 0 Å². The predicted molar refractivity (Wildman–Crippen MR) is 145 cm³/mol. The molecule has 0 radical (unpaired) electrons. The third kappa shape index (κ3) is 6.24. The highest BCUT2D eigenvalue weighted by molar-refractivity contribution is 6.30. The largest absolute Gasteiger partial charge is 0.305 e. The van der Waals surface area contributed by atoms with Crippen molar-refractivity contribution >= 4 is 11.6 Å². The fourth-order valence-electron chi connectivity index (χ4n) is 4.62. The Morgan fingerprint density at radius 1 is 1.00 bits per heavy atom. The zero-order chi connectivity index (χ0) is 26.4. The fourth-order valence-corrected chi connectivity index (χ4v) is 4.75. The molecule has 6 nitrogen and oxygen atoms in total. The Kier molecular flexibility index (Phi) is 8.04. The maximum atomic E-state index is 10.1. The summed E-state index contributed by atoms with van der Waals surface area (Å²) in [5.41, 5.74) is 4.09. The Balaban J connectivity index is 1.67. The van der Waals surface area contributed by atoms with Gasteiger partial charge in [-0.2, -0.15) is 15.6 Å². The van der Waals surface area contributed by atoms with E-state index in [0.717, 1.165) is 28.8 Å². The van der Waals surface area contributed by atoms with E-state index in [0.29, 0.717) is 10.6 Å². The van der Waals surface area contributed by atoms with Crippen molar-refractivity contribution in [3.8, 4) is 17.8 Å². The molecular formula is C30H29ClN6. The molecule has 3 atom stereocenters. The molecule has 1 heterocycles. The van der Waals surface area contributed by atoms with Crippen LogP contribution in [0.3, 0.4) is 0 Å². The van der Waals surface area contributed by atoms with Gasteiger partial charge < -0.3 is 5.32 Å². The Bertz CT molecular complexity index is 1400. The van der Waals surface area contributed by atoms with Gasteiger partial charge in [0.05, 0.1) is 34.8 Å². The first-order chi connectivity index (χ1) is 17.8. The highest BCUT2D eigenvalue weighted by Crippen LogP contribution is 2.36. The molecule has 1 aromatic heterocycles. The van der Waals surface area contributed by atoms with E-state index in [1.54, 1.807) is 11.0 Å². The third-order valence-corrected chi connectivity index (χ3v) is 7.02. The average molecular weight is 509 g/mol. The summed E-state index contributed by atoms with van der Waals surface area (Å²) in [5.74, 6) is 0.0564. The first-order valence-corrected chi connectivity index (χ1v) is 12.6.